The van der Waals surface area contributed by atoms with Crippen LogP contribution in [0.3, 0.4) is 0 Å². The highest BCUT2D eigenvalue weighted by Crippen LogP contribution is 2.29. The lowest BCUT2D eigenvalue weighted by molar-refractivity contribution is -0.136. The molecule has 1 saturated heterocycles. The Morgan fingerprint density at radius 3 is 2.64 bits per heavy atom. The fourth-order valence-corrected chi connectivity index (χ4v) is 6.03. The number of nitrogens with one attached hydrogen (secondary N) is 2. The number of aryl methyl sites for hydroxylation is 2. The fourth-order valence-electron chi connectivity index (χ4n) is 3.99. The Hall–Kier alpha value is -3.22. The molecule has 0 aromatic heterocycles. The van der Waals surface area contributed by atoms with Gasteiger partial charge in [0.05, 0.1) is 16.1 Å². The Balaban J connectivity index is 1.62. The van der Waals surface area contributed by atoms with Crippen molar-refractivity contribution in [1.29, 1.82) is 5.26 Å². The summed E-state index contributed by atoms with van der Waals surface area (Å²) in [5, 5.41) is 14.1. The molecule has 8 nitrogen and oxygen atoms in total. The molecule has 2 N–H and O–H groups in total. The van der Waals surface area contributed by atoms with Crippen molar-refractivity contribution in [3.63, 3.8) is 0 Å². The number of nitrogens with zero attached hydrogens (tertiary/aromatic N) is 2. The van der Waals surface area contributed by atoms with E-state index < -0.39 is 21.8 Å². The number of benzene rings is 2. The smallest absolute Gasteiger partial charge is 0.313 e. The van der Waals surface area contributed by atoms with E-state index in [1.807, 2.05) is 25.1 Å². The molecule has 1 atom stereocenters. The number of nitriles is 1. The minimum absolute atomic E-state index is 0.162. The molecule has 0 saturated carbocycles. The van der Waals surface area contributed by atoms with Gasteiger partial charge in [-0.15, -0.1) is 0 Å². The minimum Gasteiger partial charge on any atom is -0.348 e. The van der Waals surface area contributed by atoms with Crippen LogP contribution in [0.2, 0.25) is 0 Å². The average molecular weight is 469 g/mol. The molecule has 9 heteroatoms. The third kappa shape index (κ3) is 5.78. The second kappa shape index (κ2) is 10.6. The van der Waals surface area contributed by atoms with E-state index in [-0.39, 0.29) is 23.8 Å². The molecule has 2 aromatic rings. The SMILES string of the molecule is Cc1ccc(C)c(S(=O)(=O)N2CCCCC2CCNC(=O)C(=O)Nc2ccccc2C#N)c1. The van der Waals surface area contributed by atoms with Crippen molar-refractivity contribution >= 4 is 27.5 Å². The summed E-state index contributed by atoms with van der Waals surface area (Å²) in [6, 6.07) is 13.5. The summed E-state index contributed by atoms with van der Waals surface area (Å²) >= 11 is 0. The molecule has 174 valence electrons. The Morgan fingerprint density at radius 2 is 1.88 bits per heavy atom. The predicted octanol–water partition coefficient (Wildman–Crippen LogP) is 2.86. The van der Waals surface area contributed by atoms with Gasteiger partial charge in [-0.1, -0.05) is 30.7 Å². The predicted molar refractivity (Wildman–Crippen MR) is 125 cm³/mol. The van der Waals surface area contributed by atoms with E-state index in [2.05, 4.69) is 10.6 Å². The van der Waals surface area contributed by atoms with E-state index in [1.54, 1.807) is 37.3 Å². The first-order valence-electron chi connectivity index (χ1n) is 10.9. The number of anilines is 1. The lowest BCUT2D eigenvalue weighted by Crippen LogP contribution is -2.46. The van der Waals surface area contributed by atoms with Gasteiger partial charge in [-0.2, -0.15) is 9.57 Å². The van der Waals surface area contributed by atoms with Gasteiger partial charge >= 0.3 is 11.8 Å². The molecule has 3 rings (SSSR count). The van der Waals surface area contributed by atoms with Gasteiger partial charge in [0.25, 0.3) is 0 Å². The van der Waals surface area contributed by atoms with Gasteiger partial charge in [0, 0.05) is 19.1 Å². The van der Waals surface area contributed by atoms with E-state index in [0.29, 0.717) is 29.8 Å². The number of para-hydroxylation sites is 1. The van der Waals surface area contributed by atoms with Crippen molar-refractivity contribution in [3.05, 3.63) is 59.2 Å². The summed E-state index contributed by atoms with van der Waals surface area (Å²) in [6.07, 6.45) is 2.79. The van der Waals surface area contributed by atoms with Crippen molar-refractivity contribution in [3.8, 4) is 6.07 Å². The molecular weight excluding hydrogens is 440 g/mol. The summed E-state index contributed by atoms with van der Waals surface area (Å²) in [4.78, 5) is 24.7. The minimum atomic E-state index is -3.67. The number of rotatable bonds is 6. The molecule has 0 radical (unpaired) electrons. The normalized spacial score (nSPS) is 16.6. The van der Waals surface area contributed by atoms with Crippen LogP contribution in [0.1, 0.15) is 42.4 Å². The lowest BCUT2D eigenvalue weighted by atomic mass is 10.0. The maximum atomic E-state index is 13.4. The van der Waals surface area contributed by atoms with Crippen LogP contribution in [0.4, 0.5) is 5.69 Å². The Morgan fingerprint density at radius 1 is 1.12 bits per heavy atom. The van der Waals surface area contributed by atoms with Gasteiger partial charge in [0.2, 0.25) is 10.0 Å². The van der Waals surface area contributed by atoms with E-state index in [1.165, 1.54) is 4.31 Å². The molecule has 1 unspecified atom stereocenters. The number of piperidine rings is 1. The Labute approximate surface area is 194 Å². The topological polar surface area (TPSA) is 119 Å². The molecule has 2 aromatic carbocycles. The first-order valence-corrected chi connectivity index (χ1v) is 12.4. The molecule has 1 aliphatic heterocycles. The molecule has 2 amide bonds. The summed E-state index contributed by atoms with van der Waals surface area (Å²) in [5.74, 6) is -1.70. The summed E-state index contributed by atoms with van der Waals surface area (Å²) in [7, 11) is -3.67. The van der Waals surface area contributed by atoms with Gasteiger partial charge in [0.15, 0.2) is 0 Å². The zero-order valence-corrected chi connectivity index (χ0v) is 19.6. The van der Waals surface area contributed by atoms with Crippen molar-refractivity contribution in [2.75, 3.05) is 18.4 Å². The van der Waals surface area contributed by atoms with Crippen LogP contribution in [-0.2, 0) is 19.6 Å². The number of amides is 2. The fraction of sp³-hybridized carbons (Fsp3) is 0.375. The first-order chi connectivity index (χ1) is 15.7. The zero-order chi connectivity index (χ0) is 24.0. The van der Waals surface area contributed by atoms with Crippen molar-refractivity contribution in [2.45, 2.75) is 50.5 Å². The quantitative estimate of drug-likeness (QED) is 0.632. The maximum absolute atomic E-state index is 13.4. The number of hydrogen-bond acceptors (Lipinski definition) is 5. The van der Waals surface area contributed by atoms with E-state index in [0.717, 1.165) is 18.4 Å². The van der Waals surface area contributed by atoms with Gasteiger partial charge in [-0.25, -0.2) is 8.42 Å². The van der Waals surface area contributed by atoms with Crippen LogP contribution in [0, 0.1) is 25.2 Å². The van der Waals surface area contributed by atoms with Crippen LogP contribution in [0.5, 0.6) is 0 Å². The van der Waals surface area contributed by atoms with Crippen LogP contribution in [0.15, 0.2) is 47.4 Å². The molecule has 1 heterocycles. The lowest BCUT2D eigenvalue weighted by Gasteiger charge is -2.35. The molecule has 1 aliphatic rings. The highest BCUT2D eigenvalue weighted by Gasteiger charge is 2.34. The highest BCUT2D eigenvalue weighted by molar-refractivity contribution is 7.89. The van der Waals surface area contributed by atoms with E-state index in [9.17, 15) is 18.0 Å². The van der Waals surface area contributed by atoms with Crippen LogP contribution in [-0.4, -0.2) is 43.7 Å². The van der Waals surface area contributed by atoms with Crippen molar-refractivity contribution in [1.82, 2.24) is 9.62 Å². The van der Waals surface area contributed by atoms with Gasteiger partial charge in [-0.3, -0.25) is 9.59 Å². The van der Waals surface area contributed by atoms with Gasteiger partial charge in [0.1, 0.15) is 6.07 Å². The monoisotopic (exact) mass is 468 g/mol. The largest absolute Gasteiger partial charge is 0.348 e. The molecule has 1 fully saturated rings. The van der Waals surface area contributed by atoms with Gasteiger partial charge in [-0.05, 0) is 62.4 Å². The number of carbonyl (C=O) groups is 2. The van der Waals surface area contributed by atoms with Crippen LogP contribution < -0.4 is 10.6 Å². The third-order valence-corrected chi connectivity index (χ3v) is 7.86. The standard InChI is InChI=1S/C24H28N4O4S/c1-17-10-11-18(2)22(15-17)33(31,32)28-14-6-5-8-20(28)12-13-26-23(29)24(30)27-21-9-4-3-7-19(21)16-25/h3-4,7,9-11,15,20H,5-6,8,12-14H2,1-2H3,(H,26,29)(H,27,30). The van der Waals surface area contributed by atoms with E-state index in [4.69, 9.17) is 5.26 Å². The number of sulfonamides is 1. The summed E-state index contributed by atoms with van der Waals surface area (Å²) in [6.45, 7) is 4.24. The number of hydrogen-bond donors (Lipinski definition) is 2. The highest BCUT2D eigenvalue weighted by atomic mass is 32.2. The van der Waals surface area contributed by atoms with Crippen molar-refractivity contribution in [2.24, 2.45) is 0 Å². The summed E-state index contributed by atoms with van der Waals surface area (Å²) in [5.41, 5.74) is 2.10. The van der Waals surface area contributed by atoms with Crippen LogP contribution >= 0.6 is 0 Å². The van der Waals surface area contributed by atoms with Crippen LogP contribution in [0.25, 0.3) is 0 Å². The molecule has 0 aliphatic carbocycles. The first kappa shape index (κ1) is 24.4. The third-order valence-electron chi connectivity index (χ3n) is 5.77. The van der Waals surface area contributed by atoms with Crippen molar-refractivity contribution < 1.29 is 18.0 Å². The number of carbonyl (C=O) groups excluding carboxylic acids is 2. The molecule has 0 spiro atoms. The maximum Gasteiger partial charge on any atom is 0.313 e. The molecular formula is C24H28N4O4S. The van der Waals surface area contributed by atoms with E-state index >= 15 is 0 Å². The molecule has 0 bridgehead atoms. The summed E-state index contributed by atoms with van der Waals surface area (Å²) < 4.78 is 28.3. The van der Waals surface area contributed by atoms with Gasteiger partial charge < -0.3 is 10.6 Å². The zero-order valence-electron chi connectivity index (χ0n) is 18.8. The average Bonchev–Trinajstić information content (AvgIpc) is 2.81. The second-order valence-electron chi connectivity index (χ2n) is 8.19. The Kier molecular flexibility index (Phi) is 7.84. The molecule has 33 heavy (non-hydrogen) atoms. The Bertz CT molecular complexity index is 1190. The second-order valence-corrected chi connectivity index (χ2v) is 10.0.